The first-order valence-corrected chi connectivity index (χ1v) is 10.8. The quantitative estimate of drug-likeness (QED) is 0.468. The van der Waals surface area contributed by atoms with Crippen molar-refractivity contribution in [2.75, 3.05) is 19.0 Å². The van der Waals surface area contributed by atoms with Crippen LogP contribution in [0.15, 0.2) is 48.5 Å². The van der Waals surface area contributed by atoms with E-state index in [1.807, 2.05) is 30.3 Å². The number of hydrogen-bond acceptors (Lipinski definition) is 3. The summed E-state index contributed by atoms with van der Waals surface area (Å²) < 4.78 is 5.52. The highest BCUT2D eigenvalue weighted by molar-refractivity contribution is 6.30. The summed E-state index contributed by atoms with van der Waals surface area (Å²) in [6, 6.07) is 14.2. The summed E-state index contributed by atoms with van der Waals surface area (Å²) in [6.45, 7) is 9.95. The summed E-state index contributed by atoms with van der Waals surface area (Å²) in [5.41, 5.74) is 2.79. The molecule has 2 aromatic carbocycles. The molecular formula is C25H33ClN2O2. The third-order valence-corrected chi connectivity index (χ3v) is 5.29. The molecule has 0 saturated carbocycles. The van der Waals surface area contributed by atoms with E-state index in [0.29, 0.717) is 17.1 Å². The molecule has 1 amide bonds. The first kappa shape index (κ1) is 24.0. The molecule has 2 aromatic rings. The highest BCUT2D eigenvalue weighted by Crippen LogP contribution is 2.24. The first-order valence-electron chi connectivity index (χ1n) is 10.5. The lowest BCUT2D eigenvalue weighted by Gasteiger charge is -2.30. The summed E-state index contributed by atoms with van der Waals surface area (Å²) >= 11 is 5.89. The average molecular weight is 429 g/mol. The largest absolute Gasteiger partial charge is 0.496 e. The summed E-state index contributed by atoms with van der Waals surface area (Å²) in [5.74, 6) is 0.678. The number of nitrogens with zero attached hydrogens (tertiary/aromatic N) is 1. The first-order chi connectivity index (χ1) is 14.3. The summed E-state index contributed by atoms with van der Waals surface area (Å²) in [7, 11) is 1.68. The highest BCUT2D eigenvalue weighted by atomic mass is 35.5. The number of methoxy groups -OCH3 is 1. The van der Waals surface area contributed by atoms with Crippen LogP contribution in [0.1, 0.15) is 45.2 Å². The fourth-order valence-corrected chi connectivity index (χ4v) is 3.67. The number of nitrogens with one attached hydrogen (secondary N) is 1. The van der Waals surface area contributed by atoms with E-state index in [4.69, 9.17) is 16.3 Å². The number of halogens is 1. The molecule has 4 nitrogen and oxygen atoms in total. The number of amides is 1. The fraction of sp³-hybridized carbons (Fsp3) is 0.400. The van der Waals surface area contributed by atoms with E-state index in [9.17, 15) is 4.79 Å². The molecule has 5 heteroatoms. The summed E-state index contributed by atoms with van der Waals surface area (Å²) in [5, 5.41) is 3.61. The average Bonchev–Trinajstić information content (AvgIpc) is 2.70. The SMILES string of the molecule is COc1ccc(NC(=O)/C=C/c2ccc(Cl)cc2)cc1CCCN(C(C)C)C(C)C. The van der Waals surface area contributed by atoms with Crippen LogP contribution in [0.4, 0.5) is 5.69 Å². The van der Waals surface area contributed by atoms with Gasteiger partial charge in [-0.2, -0.15) is 0 Å². The molecule has 1 N–H and O–H groups in total. The number of carbonyl (C=O) groups excluding carboxylic acids is 1. The Morgan fingerprint density at radius 1 is 1.10 bits per heavy atom. The highest BCUT2D eigenvalue weighted by Gasteiger charge is 2.13. The van der Waals surface area contributed by atoms with Gasteiger partial charge in [0.1, 0.15) is 5.75 Å². The maximum Gasteiger partial charge on any atom is 0.248 e. The van der Waals surface area contributed by atoms with Crippen LogP contribution in [0.25, 0.3) is 6.08 Å². The van der Waals surface area contributed by atoms with Gasteiger partial charge in [0.05, 0.1) is 7.11 Å². The van der Waals surface area contributed by atoms with Gasteiger partial charge in [0.15, 0.2) is 0 Å². The lowest BCUT2D eigenvalue weighted by molar-refractivity contribution is -0.111. The zero-order chi connectivity index (χ0) is 22.1. The molecule has 0 fully saturated rings. The molecule has 0 heterocycles. The van der Waals surface area contributed by atoms with Crippen LogP contribution >= 0.6 is 11.6 Å². The molecule has 0 aliphatic carbocycles. The molecular weight excluding hydrogens is 396 g/mol. The number of benzene rings is 2. The van der Waals surface area contributed by atoms with E-state index >= 15 is 0 Å². The van der Waals surface area contributed by atoms with Gasteiger partial charge in [-0.15, -0.1) is 0 Å². The van der Waals surface area contributed by atoms with Crippen molar-refractivity contribution in [1.82, 2.24) is 4.90 Å². The van der Waals surface area contributed by atoms with Crippen LogP contribution in [0, 0.1) is 0 Å². The van der Waals surface area contributed by atoms with Gasteiger partial charge in [-0.3, -0.25) is 9.69 Å². The minimum Gasteiger partial charge on any atom is -0.496 e. The molecule has 0 aliphatic heterocycles. The van der Waals surface area contributed by atoms with Gasteiger partial charge in [0, 0.05) is 28.9 Å². The van der Waals surface area contributed by atoms with E-state index in [0.717, 1.165) is 42.0 Å². The third-order valence-electron chi connectivity index (χ3n) is 5.03. The zero-order valence-corrected chi connectivity index (χ0v) is 19.4. The molecule has 0 bridgehead atoms. The number of hydrogen-bond donors (Lipinski definition) is 1. The number of rotatable bonds is 10. The smallest absolute Gasteiger partial charge is 0.248 e. The zero-order valence-electron chi connectivity index (χ0n) is 18.6. The van der Waals surface area contributed by atoms with Crippen molar-refractivity contribution < 1.29 is 9.53 Å². The Labute approximate surface area is 185 Å². The molecule has 0 aliphatic rings. The van der Waals surface area contributed by atoms with E-state index in [-0.39, 0.29) is 5.91 Å². The predicted molar refractivity (Wildman–Crippen MR) is 127 cm³/mol. The van der Waals surface area contributed by atoms with Gasteiger partial charge in [0.2, 0.25) is 5.91 Å². The van der Waals surface area contributed by atoms with Crippen molar-refractivity contribution in [2.45, 2.75) is 52.6 Å². The lowest BCUT2D eigenvalue weighted by Crippen LogP contribution is -2.37. The van der Waals surface area contributed by atoms with Crippen molar-refractivity contribution in [1.29, 1.82) is 0 Å². The van der Waals surface area contributed by atoms with Crippen molar-refractivity contribution in [3.63, 3.8) is 0 Å². The minimum absolute atomic E-state index is 0.174. The number of ether oxygens (including phenoxy) is 1. The maximum absolute atomic E-state index is 12.3. The van der Waals surface area contributed by atoms with Crippen LogP contribution in [-0.4, -0.2) is 36.5 Å². The predicted octanol–water partition coefficient (Wildman–Crippen LogP) is 6.05. The van der Waals surface area contributed by atoms with Crippen LogP contribution in [0.5, 0.6) is 5.75 Å². The van der Waals surface area contributed by atoms with Gasteiger partial charge in [-0.05, 0) is 94.6 Å². The number of aryl methyl sites for hydroxylation is 1. The van der Waals surface area contributed by atoms with Crippen molar-refractivity contribution in [2.24, 2.45) is 0 Å². The van der Waals surface area contributed by atoms with Gasteiger partial charge in [-0.25, -0.2) is 0 Å². The fourth-order valence-electron chi connectivity index (χ4n) is 3.55. The number of carbonyl (C=O) groups is 1. The van der Waals surface area contributed by atoms with E-state index in [2.05, 4.69) is 37.9 Å². The van der Waals surface area contributed by atoms with Gasteiger partial charge in [-0.1, -0.05) is 23.7 Å². The van der Waals surface area contributed by atoms with Gasteiger partial charge in [0.25, 0.3) is 0 Å². The molecule has 0 radical (unpaired) electrons. The normalized spacial score (nSPS) is 11.6. The second kappa shape index (κ2) is 11.8. The lowest BCUT2D eigenvalue weighted by atomic mass is 10.1. The molecule has 0 saturated heterocycles. The summed E-state index contributed by atoms with van der Waals surface area (Å²) in [4.78, 5) is 14.8. The van der Waals surface area contributed by atoms with Gasteiger partial charge >= 0.3 is 0 Å². The van der Waals surface area contributed by atoms with Crippen LogP contribution in [0.3, 0.4) is 0 Å². The van der Waals surface area contributed by atoms with Crippen LogP contribution in [-0.2, 0) is 11.2 Å². The molecule has 2 rings (SSSR count). The molecule has 162 valence electrons. The maximum atomic E-state index is 12.3. The Morgan fingerprint density at radius 2 is 1.77 bits per heavy atom. The van der Waals surface area contributed by atoms with Crippen molar-refractivity contribution in [3.05, 3.63) is 64.7 Å². The second-order valence-electron chi connectivity index (χ2n) is 7.93. The third kappa shape index (κ3) is 7.51. The topological polar surface area (TPSA) is 41.6 Å². The minimum atomic E-state index is -0.174. The summed E-state index contributed by atoms with van der Waals surface area (Å²) in [6.07, 6.45) is 5.21. The van der Waals surface area contributed by atoms with E-state index in [1.54, 1.807) is 25.3 Å². The molecule has 0 atom stereocenters. The molecule has 0 aromatic heterocycles. The Bertz CT molecular complexity index is 837. The van der Waals surface area contributed by atoms with Gasteiger partial charge < -0.3 is 10.1 Å². The Balaban J connectivity index is 2.00. The van der Waals surface area contributed by atoms with E-state index in [1.165, 1.54) is 6.08 Å². The molecule has 0 unspecified atom stereocenters. The standard InChI is InChI=1S/C25H33ClN2O2/c1-18(2)28(19(3)4)16-6-7-21-17-23(13-14-24(21)30-5)27-25(29)15-10-20-8-11-22(26)12-9-20/h8-15,17-19H,6-7,16H2,1-5H3,(H,27,29)/b15-10+. The van der Waals surface area contributed by atoms with Crippen molar-refractivity contribution >= 4 is 29.3 Å². The molecule has 0 spiro atoms. The van der Waals surface area contributed by atoms with Crippen LogP contribution < -0.4 is 10.1 Å². The second-order valence-corrected chi connectivity index (χ2v) is 8.37. The monoisotopic (exact) mass is 428 g/mol. The Morgan fingerprint density at radius 3 is 2.37 bits per heavy atom. The Kier molecular flexibility index (Phi) is 9.41. The van der Waals surface area contributed by atoms with E-state index < -0.39 is 0 Å². The Hall–Kier alpha value is -2.30. The van der Waals surface area contributed by atoms with Crippen LogP contribution in [0.2, 0.25) is 5.02 Å². The molecule has 30 heavy (non-hydrogen) atoms. The van der Waals surface area contributed by atoms with Crippen molar-refractivity contribution in [3.8, 4) is 5.75 Å². The number of anilines is 1.